The van der Waals surface area contributed by atoms with Crippen LogP contribution in [0.25, 0.3) is 22.2 Å². The smallest absolute Gasteiger partial charge is 0.320 e. The summed E-state index contributed by atoms with van der Waals surface area (Å²) in [7, 11) is 1.62. The van der Waals surface area contributed by atoms with Crippen molar-refractivity contribution in [2.75, 3.05) is 45.5 Å². The largest absolute Gasteiger partial charge is 0.497 e. The Morgan fingerprint density at radius 3 is 2.80 bits per heavy atom. The molecule has 3 N–H and O–H groups in total. The van der Waals surface area contributed by atoms with Crippen LogP contribution in [0.1, 0.15) is 23.2 Å². The highest BCUT2D eigenvalue weighted by Gasteiger charge is 2.44. The predicted octanol–water partition coefficient (Wildman–Crippen LogP) is 3.92. The van der Waals surface area contributed by atoms with Crippen LogP contribution in [0.15, 0.2) is 48.8 Å². The molecule has 2 fully saturated rings. The molecule has 41 heavy (non-hydrogen) atoms. The van der Waals surface area contributed by atoms with E-state index in [9.17, 15) is 4.79 Å². The van der Waals surface area contributed by atoms with Crippen LogP contribution in [-0.4, -0.2) is 67.2 Å². The van der Waals surface area contributed by atoms with E-state index in [0.717, 1.165) is 63.3 Å². The number of nitrogens with one attached hydrogen (secondary N) is 3. The highest BCUT2D eigenvalue weighted by molar-refractivity contribution is 5.98. The van der Waals surface area contributed by atoms with Crippen molar-refractivity contribution < 1.29 is 28.5 Å². The second-order valence-corrected chi connectivity index (χ2v) is 10.5. The number of aromatic nitrogens is 3. The first-order valence-electron chi connectivity index (χ1n) is 13.8. The molecule has 1 atom stereocenters. The van der Waals surface area contributed by atoms with E-state index in [1.54, 1.807) is 13.3 Å². The Kier molecular flexibility index (Phi) is 6.69. The first-order valence-corrected chi connectivity index (χ1v) is 13.8. The normalized spacial score (nSPS) is 20.0. The summed E-state index contributed by atoms with van der Waals surface area (Å²) in [5.74, 6) is 2.00. The number of rotatable bonds is 7. The number of nitrogens with zero attached hydrogens (tertiary/aromatic N) is 2. The number of hydrogen-bond donors (Lipinski definition) is 3. The predicted molar refractivity (Wildman–Crippen MR) is 150 cm³/mol. The van der Waals surface area contributed by atoms with Crippen LogP contribution < -0.4 is 20.1 Å². The number of ether oxygens (including phenoxy) is 5. The summed E-state index contributed by atoms with van der Waals surface area (Å²) in [6.45, 7) is 3.22. The lowest BCUT2D eigenvalue weighted by atomic mass is 9.89. The van der Waals surface area contributed by atoms with Crippen LogP contribution in [0.5, 0.6) is 11.5 Å². The van der Waals surface area contributed by atoms with Crippen molar-refractivity contribution in [3.05, 3.63) is 65.6 Å². The van der Waals surface area contributed by atoms with E-state index in [0.29, 0.717) is 45.4 Å². The molecular weight excluding hydrogens is 526 g/mol. The molecule has 1 aromatic carbocycles. The molecule has 3 aliphatic rings. The van der Waals surface area contributed by atoms with Crippen molar-refractivity contribution in [2.24, 2.45) is 0 Å². The highest BCUT2D eigenvalue weighted by atomic mass is 16.6. The zero-order valence-corrected chi connectivity index (χ0v) is 22.7. The summed E-state index contributed by atoms with van der Waals surface area (Å²) in [6.07, 6.45) is 5.11. The fourth-order valence-corrected chi connectivity index (χ4v) is 5.52. The van der Waals surface area contributed by atoms with Gasteiger partial charge in [0.15, 0.2) is 0 Å². The first kappa shape index (κ1) is 25.8. The maximum absolute atomic E-state index is 12.7. The van der Waals surface area contributed by atoms with Crippen LogP contribution in [0.2, 0.25) is 0 Å². The number of methoxy groups -OCH3 is 1. The van der Waals surface area contributed by atoms with Crippen LogP contribution in [0, 0.1) is 0 Å². The minimum atomic E-state index is -0.569. The van der Waals surface area contributed by atoms with E-state index in [1.165, 1.54) is 0 Å². The molecule has 0 saturated carbocycles. The number of carbonyl (C=O) groups excluding carboxylic acids is 1. The van der Waals surface area contributed by atoms with Gasteiger partial charge in [-0.1, -0.05) is 12.1 Å². The first-order chi connectivity index (χ1) is 20.1. The van der Waals surface area contributed by atoms with Crippen molar-refractivity contribution in [3.63, 3.8) is 0 Å². The van der Waals surface area contributed by atoms with E-state index < -0.39 is 5.60 Å². The molecule has 11 heteroatoms. The third kappa shape index (κ3) is 4.96. The van der Waals surface area contributed by atoms with Gasteiger partial charge in [0.05, 0.1) is 56.6 Å². The van der Waals surface area contributed by atoms with Crippen LogP contribution >= 0.6 is 0 Å². The Labute approximate surface area is 236 Å². The van der Waals surface area contributed by atoms with Crippen LogP contribution in [0.3, 0.4) is 0 Å². The summed E-state index contributed by atoms with van der Waals surface area (Å²) >= 11 is 0. The molecule has 1 spiro atoms. The number of H-pyrrole nitrogens is 1. The lowest BCUT2D eigenvalue weighted by Crippen LogP contribution is -2.40. The number of urea groups is 1. The van der Waals surface area contributed by atoms with Gasteiger partial charge in [0.2, 0.25) is 0 Å². The van der Waals surface area contributed by atoms with E-state index in [4.69, 9.17) is 28.7 Å². The van der Waals surface area contributed by atoms with Crippen LogP contribution in [-0.2, 0) is 32.8 Å². The average molecular weight is 558 g/mol. The average Bonchev–Trinajstić information content (AvgIpc) is 3.62. The van der Waals surface area contributed by atoms with Crippen molar-refractivity contribution >= 4 is 22.8 Å². The number of hydrogen-bond acceptors (Lipinski definition) is 8. The zero-order valence-electron chi connectivity index (χ0n) is 22.7. The number of aromatic amines is 1. The number of benzene rings is 1. The fourth-order valence-electron chi connectivity index (χ4n) is 5.52. The lowest BCUT2D eigenvalue weighted by Gasteiger charge is -2.36. The van der Waals surface area contributed by atoms with Gasteiger partial charge in [0.25, 0.3) is 0 Å². The van der Waals surface area contributed by atoms with Crippen molar-refractivity contribution in [1.29, 1.82) is 0 Å². The topological polar surface area (TPSA) is 129 Å². The summed E-state index contributed by atoms with van der Waals surface area (Å²) < 4.78 is 29.0. The highest BCUT2D eigenvalue weighted by Crippen LogP contribution is 2.44. The Bertz CT molecular complexity index is 1580. The van der Waals surface area contributed by atoms with Gasteiger partial charge in [-0.3, -0.25) is 5.32 Å². The molecule has 0 aliphatic carbocycles. The molecule has 7 rings (SSSR count). The quantitative estimate of drug-likeness (QED) is 0.312. The molecule has 212 valence electrons. The molecule has 4 aromatic rings. The molecule has 1 unspecified atom stereocenters. The maximum Gasteiger partial charge on any atom is 0.320 e. The SMILES string of the molecule is COc1ccc(CNC(=O)Nc2cc3c(-c4cc(OC5COC5)c5c(n4)C4(CCOC4)OCC5)c[nH]c3cn2)cc1. The number of carbonyl (C=O) groups is 1. The van der Waals surface area contributed by atoms with Gasteiger partial charge in [0.1, 0.15) is 29.0 Å². The number of amides is 2. The minimum absolute atomic E-state index is 0.0207. The molecule has 11 nitrogen and oxygen atoms in total. The minimum Gasteiger partial charge on any atom is -0.497 e. The van der Waals surface area contributed by atoms with E-state index in [1.807, 2.05) is 42.6 Å². The number of pyridine rings is 2. The van der Waals surface area contributed by atoms with E-state index >= 15 is 0 Å². The Balaban J connectivity index is 1.17. The third-order valence-corrected chi connectivity index (χ3v) is 7.83. The summed E-state index contributed by atoms with van der Waals surface area (Å²) in [5.41, 5.74) is 4.80. The van der Waals surface area contributed by atoms with Gasteiger partial charge in [0, 0.05) is 54.8 Å². The molecule has 0 bridgehead atoms. The molecule has 6 heterocycles. The molecular formula is C30H31N5O6. The second-order valence-electron chi connectivity index (χ2n) is 10.5. The molecule has 0 radical (unpaired) electrons. The summed E-state index contributed by atoms with van der Waals surface area (Å²) in [5, 5.41) is 6.59. The van der Waals surface area contributed by atoms with Crippen molar-refractivity contribution in [3.8, 4) is 22.8 Å². The Hall–Kier alpha value is -4.19. The van der Waals surface area contributed by atoms with Crippen molar-refractivity contribution in [1.82, 2.24) is 20.3 Å². The molecule has 2 saturated heterocycles. The standard InChI is InChI=1S/C30H31N5O6/c1-37-19-4-2-18(3-5-19)12-33-29(36)35-27-10-22-23(13-31-25(22)14-32-27)24-11-26(41-20-15-39-16-20)21-6-8-40-30(28(21)34-24)7-9-38-17-30/h2-5,10-11,13-14,20,31H,6-9,12,15-17H2,1H3,(H2,32,33,35,36). The van der Waals surface area contributed by atoms with E-state index in [2.05, 4.69) is 20.6 Å². The van der Waals surface area contributed by atoms with Gasteiger partial charge in [-0.25, -0.2) is 14.8 Å². The fraction of sp³-hybridized carbons (Fsp3) is 0.367. The van der Waals surface area contributed by atoms with Gasteiger partial charge < -0.3 is 34.0 Å². The maximum atomic E-state index is 12.7. The van der Waals surface area contributed by atoms with E-state index in [-0.39, 0.29) is 12.1 Å². The van der Waals surface area contributed by atoms with Gasteiger partial charge in [-0.2, -0.15) is 0 Å². The number of fused-ring (bicyclic) bond motifs is 3. The van der Waals surface area contributed by atoms with Crippen LogP contribution in [0.4, 0.5) is 10.6 Å². The number of anilines is 1. The van der Waals surface area contributed by atoms with Crippen molar-refractivity contribution in [2.45, 2.75) is 31.1 Å². The Morgan fingerprint density at radius 1 is 1.17 bits per heavy atom. The zero-order chi connectivity index (χ0) is 27.8. The molecule has 3 aliphatic heterocycles. The second kappa shape index (κ2) is 10.7. The lowest BCUT2D eigenvalue weighted by molar-refractivity contribution is -0.0836. The molecule has 3 aromatic heterocycles. The summed E-state index contributed by atoms with van der Waals surface area (Å²) in [6, 6.07) is 11.0. The van der Waals surface area contributed by atoms with Gasteiger partial charge in [-0.05, 0) is 23.8 Å². The third-order valence-electron chi connectivity index (χ3n) is 7.83. The Morgan fingerprint density at radius 2 is 2.05 bits per heavy atom. The van der Waals surface area contributed by atoms with Gasteiger partial charge >= 0.3 is 6.03 Å². The summed E-state index contributed by atoms with van der Waals surface area (Å²) in [4.78, 5) is 25.5. The molecule has 2 amide bonds. The van der Waals surface area contributed by atoms with Gasteiger partial charge in [-0.15, -0.1) is 0 Å². The monoisotopic (exact) mass is 557 g/mol.